The van der Waals surface area contributed by atoms with Gasteiger partial charge in [-0.15, -0.1) is 29.7 Å². The number of pyridine rings is 2. The van der Waals surface area contributed by atoms with E-state index in [0.29, 0.717) is 11.5 Å². The van der Waals surface area contributed by atoms with E-state index in [1.165, 1.54) is 27.8 Å². The Morgan fingerprint density at radius 3 is 2.12 bits per heavy atom. The Kier molecular flexibility index (Phi) is 7.65. The van der Waals surface area contributed by atoms with Crippen molar-refractivity contribution in [3.05, 3.63) is 144 Å². The molecule has 0 aliphatic carbocycles. The Labute approximate surface area is 305 Å². The molecule has 0 saturated carbocycles. The molecule has 4 aromatic heterocycles. The fourth-order valence-electron chi connectivity index (χ4n) is 7.47. The van der Waals surface area contributed by atoms with E-state index < -0.39 is 0 Å². The summed E-state index contributed by atoms with van der Waals surface area (Å²) in [5.41, 5.74) is 9.94. The molecule has 0 atom stereocenters. The zero-order chi connectivity index (χ0) is 33.4. The molecule has 4 heterocycles. The van der Waals surface area contributed by atoms with Crippen LogP contribution in [0.3, 0.4) is 0 Å². The van der Waals surface area contributed by atoms with Gasteiger partial charge in [-0.3, -0.25) is 4.98 Å². The molecule has 0 fully saturated rings. The molecular formula is C44H34N4OPt. The van der Waals surface area contributed by atoms with Crippen LogP contribution in [0.1, 0.15) is 37.5 Å². The van der Waals surface area contributed by atoms with Crippen molar-refractivity contribution in [2.24, 2.45) is 0 Å². The van der Waals surface area contributed by atoms with Crippen molar-refractivity contribution in [2.75, 3.05) is 0 Å². The van der Waals surface area contributed by atoms with E-state index in [0.717, 1.165) is 55.1 Å². The number of fused-ring (bicyclic) bond motifs is 9. The van der Waals surface area contributed by atoms with Crippen LogP contribution in [0.4, 0.5) is 0 Å². The van der Waals surface area contributed by atoms with Gasteiger partial charge in [0, 0.05) is 40.5 Å². The predicted molar refractivity (Wildman–Crippen MR) is 200 cm³/mol. The summed E-state index contributed by atoms with van der Waals surface area (Å²) in [6, 6.07) is 42.9. The molecule has 0 radical (unpaired) electrons. The van der Waals surface area contributed by atoms with Crippen LogP contribution >= 0.6 is 0 Å². The Morgan fingerprint density at radius 1 is 0.660 bits per heavy atom. The summed E-state index contributed by atoms with van der Waals surface area (Å²) < 4.78 is 11.1. The Bertz CT molecular complexity index is 2730. The Balaban J connectivity index is 0.00000361. The summed E-state index contributed by atoms with van der Waals surface area (Å²) in [7, 11) is 0. The SMILES string of the molecule is Cc1cccc(C)c1-c1cnc2c3[c-]c(Oc4[c-]c5c(cc4)c4ccccc4n5-c4ccccn4)ccc3c3cccc(C(C)(C)C)c3n12.[Pt+2]. The van der Waals surface area contributed by atoms with Gasteiger partial charge in [-0.2, -0.15) is 6.07 Å². The first-order chi connectivity index (χ1) is 23.8. The summed E-state index contributed by atoms with van der Waals surface area (Å²) in [6.45, 7) is 11.2. The van der Waals surface area contributed by atoms with Gasteiger partial charge in [-0.1, -0.05) is 104 Å². The van der Waals surface area contributed by atoms with Gasteiger partial charge < -0.3 is 13.7 Å². The van der Waals surface area contributed by atoms with E-state index in [4.69, 9.17) is 9.72 Å². The molecule has 9 aromatic rings. The molecule has 0 spiro atoms. The van der Waals surface area contributed by atoms with Gasteiger partial charge in [0.2, 0.25) is 0 Å². The Hall–Kier alpha value is -5.25. The molecule has 5 nitrogen and oxygen atoms in total. The van der Waals surface area contributed by atoms with Crippen LogP contribution in [0.2, 0.25) is 0 Å². The quantitative estimate of drug-likeness (QED) is 0.131. The predicted octanol–water partition coefficient (Wildman–Crippen LogP) is 11.1. The van der Waals surface area contributed by atoms with Crippen LogP contribution in [0.15, 0.2) is 116 Å². The molecule has 0 aliphatic heterocycles. The molecular weight excluding hydrogens is 796 g/mol. The van der Waals surface area contributed by atoms with Gasteiger partial charge in [-0.05, 0) is 64.9 Å². The van der Waals surface area contributed by atoms with E-state index in [-0.39, 0.29) is 26.5 Å². The maximum atomic E-state index is 6.57. The van der Waals surface area contributed by atoms with Crippen molar-refractivity contribution < 1.29 is 25.8 Å². The monoisotopic (exact) mass is 829 g/mol. The van der Waals surface area contributed by atoms with Crippen LogP contribution < -0.4 is 4.74 Å². The van der Waals surface area contributed by atoms with Gasteiger partial charge in [0.05, 0.1) is 11.3 Å². The average Bonchev–Trinajstić information content (AvgIpc) is 3.68. The average molecular weight is 830 g/mol. The van der Waals surface area contributed by atoms with Crippen molar-refractivity contribution in [3.63, 3.8) is 0 Å². The number of imidazole rings is 1. The molecule has 0 amide bonds. The van der Waals surface area contributed by atoms with Gasteiger partial charge in [-0.25, -0.2) is 4.98 Å². The minimum Gasteiger partial charge on any atom is -0.503 e. The van der Waals surface area contributed by atoms with Crippen molar-refractivity contribution in [2.45, 2.75) is 40.0 Å². The smallest absolute Gasteiger partial charge is 0.503 e. The molecule has 0 N–H and O–H groups in total. The maximum absolute atomic E-state index is 6.57. The zero-order valence-corrected chi connectivity index (χ0v) is 30.8. The number of rotatable bonds is 4. The summed E-state index contributed by atoms with van der Waals surface area (Å²) in [5.74, 6) is 2.05. The summed E-state index contributed by atoms with van der Waals surface area (Å²) in [4.78, 5) is 9.76. The van der Waals surface area contributed by atoms with E-state index >= 15 is 0 Å². The van der Waals surface area contributed by atoms with Crippen molar-refractivity contribution in [3.8, 4) is 28.6 Å². The van der Waals surface area contributed by atoms with Crippen molar-refractivity contribution in [1.29, 1.82) is 0 Å². The molecule has 0 bridgehead atoms. The summed E-state index contributed by atoms with van der Waals surface area (Å²) in [5, 5.41) is 5.41. The first-order valence-electron chi connectivity index (χ1n) is 16.7. The number of nitrogens with zero attached hydrogens (tertiary/aromatic N) is 4. The van der Waals surface area contributed by atoms with E-state index in [1.54, 1.807) is 0 Å². The van der Waals surface area contributed by atoms with Gasteiger partial charge >= 0.3 is 21.1 Å². The molecule has 50 heavy (non-hydrogen) atoms. The number of hydrogen-bond acceptors (Lipinski definition) is 3. The number of ether oxygens (including phenoxy) is 1. The van der Waals surface area contributed by atoms with E-state index in [1.807, 2.05) is 42.7 Å². The number of hydrogen-bond donors (Lipinski definition) is 0. The zero-order valence-electron chi connectivity index (χ0n) is 28.5. The second-order valence-corrected chi connectivity index (χ2v) is 13.9. The molecule has 0 saturated heterocycles. The number of aryl methyl sites for hydroxylation is 2. The van der Waals surface area contributed by atoms with Crippen LogP contribution in [-0.4, -0.2) is 18.9 Å². The van der Waals surface area contributed by atoms with Crippen molar-refractivity contribution >= 4 is 49.1 Å². The third-order valence-electron chi connectivity index (χ3n) is 9.65. The van der Waals surface area contributed by atoms with E-state index in [9.17, 15) is 0 Å². The number of para-hydroxylation sites is 2. The van der Waals surface area contributed by atoms with Gasteiger partial charge in [0.25, 0.3) is 0 Å². The summed E-state index contributed by atoms with van der Waals surface area (Å²) >= 11 is 0. The second kappa shape index (κ2) is 12.0. The molecule has 0 unspecified atom stereocenters. The first-order valence-corrected chi connectivity index (χ1v) is 16.7. The van der Waals surface area contributed by atoms with Crippen molar-refractivity contribution in [1.82, 2.24) is 18.9 Å². The largest absolute Gasteiger partial charge is 2.00 e. The Morgan fingerprint density at radius 2 is 1.36 bits per heavy atom. The van der Waals surface area contributed by atoms with Crippen LogP contribution in [0, 0.1) is 26.0 Å². The molecule has 0 aliphatic rings. The number of benzene rings is 5. The fraction of sp³-hybridized carbons (Fsp3) is 0.136. The second-order valence-electron chi connectivity index (χ2n) is 13.9. The minimum atomic E-state index is -0.0819. The molecule has 5 aromatic carbocycles. The van der Waals surface area contributed by atoms with Crippen LogP contribution in [-0.2, 0) is 26.5 Å². The maximum Gasteiger partial charge on any atom is 2.00 e. The topological polar surface area (TPSA) is 44.3 Å². The van der Waals surface area contributed by atoms with E-state index in [2.05, 4.69) is 133 Å². The normalized spacial score (nSPS) is 11.9. The minimum absolute atomic E-state index is 0. The third-order valence-corrected chi connectivity index (χ3v) is 9.65. The van der Waals surface area contributed by atoms with Gasteiger partial charge in [0.15, 0.2) is 0 Å². The van der Waals surface area contributed by atoms with Crippen LogP contribution in [0.5, 0.6) is 11.5 Å². The van der Waals surface area contributed by atoms with Gasteiger partial charge in [0.1, 0.15) is 5.82 Å². The molecule has 9 rings (SSSR count). The molecule has 6 heteroatoms. The number of aromatic nitrogens is 4. The standard InChI is InChI=1S/C44H34N4O.Pt/c1-27-12-10-13-28(2)41(27)39-26-46-43-35-24-29(19-21-31(35)34-15-11-16-36(44(3,4)5)42(34)48(39)43)49-30-20-22-33-32-14-6-7-17-37(32)47(38(33)25-30)40-18-8-9-23-45-40;/h6-23,26H,1-5H3;/q-2;+2. The third kappa shape index (κ3) is 4.94. The molecule has 246 valence electrons. The first kappa shape index (κ1) is 32.0. The summed E-state index contributed by atoms with van der Waals surface area (Å²) in [6.07, 6.45) is 3.83. The van der Waals surface area contributed by atoms with Crippen LogP contribution in [0.25, 0.3) is 66.2 Å². The fourth-order valence-corrected chi connectivity index (χ4v) is 7.47.